The van der Waals surface area contributed by atoms with Gasteiger partial charge in [0.25, 0.3) is 0 Å². The molecule has 0 fully saturated rings. The normalized spacial score (nSPS) is 11.3. The smallest absolute Gasteiger partial charge is 0.508 e. The Morgan fingerprint density at radius 1 is 0.879 bits per heavy atom. The van der Waals surface area contributed by atoms with Crippen molar-refractivity contribution in [1.29, 1.82) is 0 Å². The lowest BCUT2D eigenvalue weighted by Crippen LogP contribution is -2.20. The van der Waals surface area contributed by atoms with Crippen molar-refractivity contribution in [1.82, 2.24) is 5.32 Å². The highest BCUT2D eigenvalue weighted by molar-refractivity contribution is 7.47. The predicted octanol–water partition coefficient (Wildman–Crippen LogP) is 3.42. The van der Waals surface area contributed by atoms with Crippen molar-refractivity contribution < 1.29 is 29.1 Å². The molecule has 1 atom stereocenters. The lowest BCUT2D eigenvalue weighted by atomic mass is 10.1. The van der Waals surface area contributed by atoms with E-state index in [1.165, 1.54) is 11.6 Å². The molecule has 7 nitrogen and oxygen atoms in total. The third-order valence-corrected chi connectivity index (χ3v) is 5.94. The summed E-state index contributed by atoms with van der Waals surface area (Å²) in [7, 11) is -2.39. The highest BCUT2D eigenvalue weighted by Gasteiger charge is 2.20. The Morgan fingerprint density at radius 2 is 1.64 bits per heavy atom. The van der Waals surface area contributed by atoms with Crippen molar-refractivity contribution in [3.05, 3.63) is 83.4 Å². The fraction of sp³-hybridized carbons (Fsp3) is 0.280. The fourth-order valence-corrected chi connectivity index (χ4v) is 3.85. The summed E-state index contributed by atoms with van der Waals surface area (Å²) in [5.74, 6) is 1.41. The number of nitrogens with one attached hydrogen (secondary N) is 1. The Bertz CT molecular complexity index is 1040. The highest BCUT2D eigenvalue weighted by atomic mass is 31.1. The molecule has 0 heterocycles. The Labute approximate surface area is 194 Å². The predicted molar refractivity (Wildman–Crippen MR) is 127 cm³/mol. The minimum atomic E-state index is -2.39. The first-order chi connectivity index (χ1) is 16.1. The number of aromatic hydroxyl groups is 1. The van der Waals surface area contributed by atoms with Crippen molar-refractivity contribution in [2.45, 2.75) is 26.1 Å². The molecule has 0 amide bonds. The van der Waals surface area contributed by atoms with E-state index in [0.29, 0.717) is 34.5 Å². The van der Waals surface area contributed by atoms with Crippen LogP contribution in [0.3, 0.4) is 0 Å². The van der Waals surface area contributed by atoms with E-state index in [4.69, 9.17) is 9.47 Å². The van der Waals surface area contributed by atoms with Crippen molar-refractivity contribution in [3.63, 3.8) is 0 Å². The largest absolute Gasteiger partial charge is 0.546 e. The van der Waals surface area contributed by atoms with Gasteiger partial charge in [0.15, 0.2) is 0 Å². The minimum absolute atomic E-state index is 0.0660. The molecule has 0 aromatic heterocycles. The molecule has 3 rings (SSSR count). The number of hydrogen-bond acceptors (Lipinski definition) is 6. The summed E-state index contributed by atoms with van der Waals surface area (Å²) in [5.41, 5.74) is 2.34. The van der Waals surface area contributed by atoms with Crippen LogP contribution in [0.5, 0.6) is 17.2 Å². The lowest BCUT2D eigenvalue weighted by molar-refractivity contribution is 0.272. The number of benzene rings is 3. The molecule has 4 N–H and O–H groups in total. The molecule has 0 saturated carbocycles. The van der Waals surface area contributed by atoms with E-state index in [9.17, 15) is 19.7 Å². The standard InChI is InChI=1S/C25H28NO6P/c27-17-21-16-23(10-11-24(21)28)31-15-3-13-26-14-12-19-6-8-22(9-7-19)32-18-20-4-1-2-5-25(20)33(29)30/h1-2,4-11,16,26-27H,3,12-15,17-18H2,(H-,28,29,30)/p+1. The van der Waals surface area contributed by atoms with Gasteiger partial charge in [0.05, 0.1) is 13.2 Å². The number of hydrogen-bond donors (Lipinski definition) is 4. The lowest BCUT2D eigenvalue weighted by Gasteiger charge is -2.10. The van der Waals surface area contributed by atoms with Crippen LogP contribution in [0.25, 0.3) is 0 Å². The molecule has 8 heteroatoms. The van der Waals surface area contributed by atoms with Gasteiger partial charge in [-0.2, -0.15) is 4.89 Å². The van der Waals surface area contributed by atoms with Crippen LogP contribution in [0.2, 0.25) is 0 Å². The van der Waals surface area contributed by atoms with Gasteiger partial charge in [-0.3, -0.25) is 0 Å². The van der Waals surface area contributed by atoms with Gasteiger partial charge in [-0.25, -0.2) is 0 Å². The van der Waals surface area contributed by atoms with Crippen molar-refractivity contribution >= 4 is 13.3 Å². The molecule has 0 bridgehead atoms. The molecule has 1 unspecified atom stereocenters. The zero-order chi connectivity index (χ0) is 23.5. The topological polar surface area (TPSA) is 108 Å². The summed E-state index contributed by atoms with van der Waals surface area (Å²) < 4.78 is 22.8. The second kappa shape index (κ2) is 12.9. The van der Waals surface area contributed by atoms with Crippen LogP contribution in [-0.4, -0.2) is 34.8 Å². The minimum Gasteiger partial charge on any atom is -0.508 e. The van der Waals surface area contributed by atoms with E-state index in [2.05, 4.69) is 5.32 Å². The van der Waals surface area contributed by atoms with Gasteiger partial charge in [-0.05, 0) is 72.5 Å². The molecular weight excluding hydrogens is 441 g/mol. The van der Waals surface area contributed by atoms with Gasteiger partial charge in [0, 0.05) is 11.1 Å². The summed E-state index contributed by atoms with van der Waals surface area (Å²) in [4.78, 5) is 9.39. The second-order valence-corrected chi connectivity index (χ2v) is 8.51. The Morgan fingerprint density at radius 3 is 2.39 bits per heavy atom. The summed E-state index contributed by atoms with van der Waals surface area (Å²) in [6, 6.07) is 19.7. The molecule has 0 spiro atoms. The highest BCUT2D eigenvalue weighted by Crippen LogP contribution is 2.23. The molecular formula is C25H29NO6P+. The first-order valence-electron chi connectivity index (χ1n) is 10.8. The van der Waals surface area contributed by atoms with E-state index in [0.717, 1.165) is 25.9 Å². The summed E-state index contributed by atoms with van der Waals surface area (Å²) in [5, 5.41) is 22.5. The number of aliphatic hydroxyl groups excluding tert-OH is 1. The number of ether oxygens (including phenoxy) is 2. The summed E-state index contributed by atoms with van der Waals surface area (Å²) in [6.45, 7) is 2.22. The zero-order valence-corrected chi connectivity index (χ0v) is 19.2. The van der Waals surface area contributed by atoms with Gasteiger partial charge < -0.3 is 25.0 Å². The molecule has 0 radical (unpaired) electrons. The second-order valence-electron chi connectivity index (χ2n) is 7.48. The van der Waals surface area contributed by atoms with Crippen LogP contribution in [0.15, 0.2) is 66.7 Å². The van der Waals surface area contributed by atoms with Gasteiger partial charge >= 0.3 is 8.03 Å². The van der Waals surface area contributed by atoms with Crippen LogP contribution >= 0.6 is 8.03 Å². The molecule has 174 valence electrons. The van der Waals surface area contributed by atoms with Crippen LogP contribution in [0.1, 0.15) is 23.1 Å². The molecule has 0 saturated heterocycles. The first kappa shape index (κ1) is 24.7. The number of rotatable bonds is 13. The van der Waals surface area contributed by atoms with E-state index in [1.807, 2.05) is 30.3 Å². The van der Waals surface area contributed by atoms with Crippen molar-refractivity contribution in [2.75, 3.05) is 19.7 Å². The van der Waals surface area contributed by atoms with E-state index in [1.54, 1.807) is 30.3 Å². The van der Waals surface area contributed by atoms with Crippen molar-refractivity contribution in [2.24, 2.45) is 0 Å². The van der Waals surface area contributed by atoms with E-state index >= 15 is 0 Å². The third-order valence-electron chi connectivity index (χ3n) is 5.09. The van der Waals surface area contributed by atoms with Crippen molar-refractivity contribution in [3.8, 4) is 17.2 Å². The first-order valence-corrected chi connectivity index (χ1v) is 12.0. The molecule has 0 aliphatic rings. The zero-order valence-electron chi connectivity index (χ0n) is 18.3. The summed E-state index contributed by atoms with van der Waals surface area (Å²) in [6.07, 6.45) is 1.72. The molecule has 33 heavy (non-hydrogen) atoms. The maximum atomic E-state index is 11.4. The van der Waals surface area contributed by atoms with Gasteiger partial charge in [0.1, 0.15) is 23.9 Å². The average molecular weight is 470 g/mol. The molecule has 3 aromatic carbocycles. The number of phenols is 1. The van der Waals surface area contributed by atoms with E-state index in [-0.39, 0.29) is 19.0 Å². The fourth-order valence-electron chi connectivity index (χ4n) is 3.26. The Hall–Kier alpha value is -2.96. The number of aliphatic hydroxyl groups is 1. The quantitative estimate of drug-likeness (QED) is 0.224. The molecule has 0 aliphatic carbocycles. The SMILES string of the molecule is O=[P+](O)c1ccccc1COc1ccc(CCNCCCOc2ccc(O)c(CO)c2)cc1. The molecule has 3 aromatic rings. The van der Waals surface area contributed by atoms with Crippen LogP contribution < -0.4 is 20.1 Å². The van der Waals surface area contributed by atoms with Crippen LogP contribution in [0, 0.1) is 0 Å². The van der Waals surface area contributed by atoms with Crippen LogP contribution in [-0.2, 0) is 24.2 Å². The Balaban J connectivity index is 1.32. The average Bonchev–Trinajstić information content (AvgIpc) is 2.84. The monoisotopic (exact) mass is 470 g/mol. The van der Waals surface area contributed by atoms with Gasteiger partial charge in [-0.1, -0.05) is 30.3 Å². The molecule has 0 aliphatic heterocycles. The summed E-state index contributed by atoms with van der Waals surface area (Å²) >= 11 is 0. The third kappa shape index (κ3) is 7.84. The maximum absolute atomic E-state index is 11.4. The maximum Gasteiger partial charge on any atom is 0.546 e. The Kier molecular flexibility index (Phi) is 9.66. The van der Waals surface area contributed by atoms with Crippen LogP contribution in [0.4, 0.5) is 0 Å². The van der Waals surface area contributed by atoms with Gasteiger partial charge in [0.2, 0.25) is 5.30 Å². The van der Waals surface area contributed by atoms with E-state index < -0.39 is 8.03 Å². The van der Waals surface area contributed by atoms with Gasteiger partial charge in [-0.15, -0.1) is 0 Å².